The Hall–Kier alpha value is -1.28. The lowest BCUT2D eigenvalue weighted by molar-refractivity contribution is 0.426. The number of benzene rings is 1. The van der Waals surface area contributed by atoms with Gasteiger partial charge in [0.1, 0.15) is 5.76 Å². The first kappa shape index (κ1) is 8.98. The molecule has 0 bridgehead atoms. The van der Waals surface area contributed by atoms with Gasteiger partial charge >= 0.3 is 0 Å². The molecule has 2 heteroatoms. The lowest BCUT2D eigenvalue weighted by atomic mass is 9.83. The molecule has 1 unspecified atom stereocenters. The molecular formula is C13H15NO. The number of hydrogen-bond donors (Lipinski definition) is 2. The van der Waals surface area contributed by atoms with Gasteiger partial charge in [-0.1, -0.05) is 24.3 Å². The summed E-state index contributed by atoms with van der Waals surface area (Å²) in [5.41, 5.74) is 1.48. The van der Waals surface area contributed by atoms with Crippen molar-refractivity contribution in [2.45, 2.75) is 12.8 Å². The van der Waals surface area contributed by atoms with Gasteiger partial charge in [-0.25, -0.2) is 0 Å². The van der Waals surface area contributed by atoms with Gasteiger partial charge in [-0.3, -0.25) is 0 Å². The van der Waals surface area contributed by atoms with Gasteiger partial charge in [0.2, 0.25) is 0 Å². The fraction of sp³-hybridized carbons (Fsp3) is 0.385. The molecule has 0 amide bonds. The van der Waals surface area contributed by atoms with Crippen molar-refractivity contribution in [1.29, 1.82) is 0 Å². The number of aliphatic hydroxyl groups excluding tert-OH is 1. The van der Waals surface area contributed by atoms with Crippen molar-refractivity contribution in [3.05, 3.63) is 34.7 Å². The molecule has 1 fully saturated rings. The Morgan fingerprint density at radius 3 is 2.87 bits per heavy atom. The Morgan fingerprint density at radius 2 is 2.00 bits per heavy atom. The largest absolute Gasteiger partial charge is 0.512 e. The number of fused-ring (bicyclic) bond motifs is 2. The van der Waals surface area contributed by atoms with Crippen molar-refractivity contribution in [1.82, 2.24) is 5.32 Å². The summed E-state index contributed by atoms with van der Waals surface area (Å²) in [6, 6.07) is 8.19. The minimum Gasteiger partial charge on any atom is -0.512 e. The molecule has 3 rings (SSSR count). The molecule has 1 aliphatic carbocycles. The third-order valence-electron chi connectivity index (χ3n) is 3.50. The van der Waals surface area contributed by atoms with Crippen molar-refractivity contribution in [2.24, 2.45) is 5.92 Å². The summed E-state index contributed by atoms with van der Waals surface area (Å²) < 4.78 is 0. The Labute approximate surface area is 88.9 Å². The maximum Gasteiger partial charge on any atom is 0.101 e. The zero-order valence-electron chi connectivity index (χ0n) is 8.66. The summed E-state index contributed by atoms with van der Waals surface area (Å²) in [5, 5.41) is 15.7. The van der Waals surface area contributed by atoms with E-state index in [0.717, 1.165) is 31.1 Å². The fourth-order valence-electron chi connectivity index (χ4n) is 2.72. The molecule has 2 aliphatic rings. The van der Waals surface area contributed by atoms with Crippen LogP contribution in [0.1, 0.15) is 12.8 Å². The fourth-order valence-corrected chi connectivity index (χ4v) is 2.72. The molecule has 0 aromatic heterocycles. The van der Waals surface area contributed by atoms with Crippen molar-refractivity contribution in [3.8, 4) is 0 Å². The predicted octanol–water partition coefficient (Wildman–Crippen LogP) is 0.517. The number of piperidine rings is 1. The highest BCUT2D eigenvalue weighted by atomic mass is 16.3. The Kier molecular flexibility index (Phi) is 2.03. The second kappa shape index (κ2) is 3.38. The summed E-state index contributed by atoms with van der Waals surface area (Å²) >= 11 is 0. The van der Waals surface area contributed by atoms with E-state index < -0.39 is 0 Å². The van der Waals surface area contributed by atoms with E-state index in [-0.39, 0.29) is 0 Å². The molecule has 78 valence electrons. The standard InChI is InChI=1S/C13H15NO/c15-13-7-9-5-6-14-8-12(9)10-3-1-2-4-11(10)13/h1-4,9,14-15H,5-8H2. The maximum absolute atomic E-state index is 9.98. The van der Waals surface area contributed by atoms with E-state index in [9.17, 15) is 5.11 Å². The topological polar surface area (TPSA) is 32.3 Å². The van der Waals surface area contributed by atoms with Crippen molar-refractivity contribution >= 4 is 11.3 Å². The molecule has 0 radical (unpaired) electrons. The summed E-state index contributed by atoms with van der Waals surface area (Å²) in [7, 11) is 0. The van der Waals surface area contributed by atoms with Crippen molar-refractivity contribution in [3.63, 3.8) is 0 Å². The van der Waals surface area contributed by atoms with E-state index in [1.54, 1.807) is 0 Å². The first-order valence-corrected chi connectivity index (χ1v) is 5.57. The summed E-state index contributed by atoms with van der Waals surface area (Å²) in [5.74, 6) is 1.13. The van der Waals surface area contributed by atoms with Gasteiger partial charge in [0, 0.05) is 18.2 Å². The second-order valence-electron chi connectivity index (χ2n) is 4.38. The maximum atomic E-state index is 9.98. The summed E-state index contributed by atoms with van der Waals surface area (Å²) in [6.07, 6.45) is 1.97. The zero-order valence-corrected chi connectivity index (χ0v) is 8.66. The molecule has 1 aromatic rings. The molecule has 2 nitrogen and oxygen atoms in total. The number of nitrogens with one attached hydrogen (secondary N) is 1. The number of rotatable bonds is 0. The van der Waals surface area contributed by atoms with Crippen molar-refractivity contribution < 1.29 is 5.11 Å². The highest BCUT2D eigenvalue weighted by molar-refractivity contribution is 5.58. The van der Waals surface area contributed by atoms with Crippen LogP contribution in [0.15, 0.2) is 24.3 Å². The SMILES string of the molecule is OC1=c2ccccc2=C2CNCCC2C1. The van der Waals surface area contributed by atoms with Gasteiger partial charge in [-0.15, -0.1) is 0 Å². The smallest absolute Gasteiger partial charge is 0.101 e. The van der Waals surface area contributed by atoms with E-state index >= 15 is 0 Å². The van der Waals surface area contributed by atoms with Crippen molar-refractivity contribution in [2.75, 3.05) is 13.1 Å². The zero-order chi connectivity index (χ0) is 10.3. The van der Waals surface area contributed by atoms with Gasteiger partial charge in [0.25, 0.3) is 0 Å². The number of hydrogen-bond acceptors (Lipinski definition) is 2. The van der Waals surface area contributed by atoms with Crippen LogP contribution >= 0.6 is 0 Å². The van der Waals surface area contributed by atoms with Crippen LogP contribution in [-0.2, 0) is 0 Å². The molecule has 1 atom stereocenters. The van der Waals surface area contributed by atoms with Crippen LogP contribution in [0, 0.1) is 5.92 Å². The van der Waals surface area contributed by atoms with Crippen LogP contribution in [0.3, 0.4) is 0 Å². The van der Waals surface area contributed by atoms with E-state index in [1.807, 2.05) is 12.1 Å². The van der Waals surface area contributed by atoms with Crippen LogP contribution in [0.5, 0.6) is 0 Å². The molecule has 2 N–H and O–H groups in total. The van der Waals surface area contributed by atoms with Gasteiger partial charge in [0.15, 0.2) is 0 Å². The number of aliphatic hydroxyl groups is 1. The Bertz CT molecular complexity index is 504. The average Bonchev–Trinajstić information content (AvgIpc) is 2.30. The van der Waals surface area contributed by atoms with Crippen LogP contribution < -0.4 is 15.8 Å². The third-order valence-corrected chi connectivity index (χ3v) is 3.50. The molecule has 1 heterocycles. The monoisotopic (exact) mass is 201 g/mol. The summed E-state index contributed by atoms with van der Waals surface area (Å²) in [6.45, 7) is 2.05. The van der Waals surface area contributed by atoms with E-state index in [4.69, 9.17) is 0 Å². The highest BCUT2D eigenvalue weighted by Gasteiger charge is 2.23. The first-order chi connectivity index (χ1) is 7.36. The molecular weight excluding hydrogens is 186 g/mol. The Morgan fingerprint density at radius 1 is 1.20 bits per heavy atom. The molecule has 15 heavy (non-hydrogen) atoms. The molecule has 1 saturated heterocycles. The Balaban J connectivity index is 2.33. The van der Waals surface area contributed by atoms with Gasteiger partial charge in [-0.05, 0) is 29.7 Å². The van der Waals surface area contributed by atoms with Gasteiger partial charge in [-0.2, -0.15) is 0 Å². The summed E-state index contributed by atoms with van der Waals surface area (Å²) in [4.78, 5) is 0. The minimum atomic E-state index is 0.557. The molecule has 0 spiro atoms. The van der Waals surface area contributed by atoms with E-state index in [2.05, 4.69) is 17.4 Å². The lowest BCUT2D eigenvalue weighted by Gasteiger charge is -2.28. The van der Waals surface area contributed by atoms with Crippen LogP contribution in [0.4, 0.5) is 0 Å². The van der Waals surface area contributed by atoms with Crippen LogP contribution in [-0.4, -0.2) is 18.2 Å². The first-order valence-electron chi connectivity index (χ1n) is 5.57. The molecule has 0 saturated carbocycles. The normalized spacial score (nSPS) is 24.7. The highest BCUT2D eigenvalue weighted by Crippen LogP contribution is 2.26. The van der Waals surface area contributed by atoms with E-state index in [1.165, 1.54) is 10.8 Å². The molecule has 1 aromatic carbocycles. The van der Waals surface area contributed by atoms with Crippen LogP contribution in [0.2, 0.25) is 0 Å². The third kappa shape index (κ3) is 1.37. The predicted molar refractivity (Wildman–Crippen MR) is 60.7 cm³/mol. The van der Waals surface area contributed by atoms with Gasteiger partial charge < -0.3 is 10.4 Å². The molecule has 1 aliphatic heterocycles. The lowest BCUT2D eigenvalue weighted by Crippen LogP contribution is -2.42. The quantitative estimate of drug-likeness (QED) is 0.641. The second-order valence-corrected chi connectivity index (χ2v) is 4.38. The van der Waals surface area contributed by atoms with Crippen LogP contribution in [0.25, 0.3) is 11.3 Å². The van der Waals surface area contributed by atoms with Gasteiger partial charge in [0.05, 0.1) is 0 Å². The van der Waals surface area contributed by atoms with E-state index in [0.29, 0.717) is 11.7 Å². The average molecular weight is 201 g/mol. The minimum absolute atomic E-state index is 0.557.